The second-order valence-corrected chi connectivity index (χ2v) is 5.47. The van der Waals surface area contributed by atoms with E-state index >= 15 is 0 Å². The standard InChI is InChI=1S/C12H13BrF3N/c1-11(5-2-6-17-11)9-4-3-8(13)7-10(9)12(14,15)16/h3-4,7,17H,2,5-6H2,1H3. The van der Waals surface area contributed by atoms with E-state index < -0.39 is 17.3 Å². The van der Waals surface area contributed by atoms with Crippen molar-refractivity contribution in [2.24, 2.45) is 0 Å². The molecule has 0 radical (unpaired) electrons. The lowest BCUT2D eigenvalue weighted by atomic mass is 9.87. The molecule has 1 aromatic carbocycles. The molecule has 5 heteroatoms. The molecule has 1 aliphatic heterocycles. The fraction of sp³-hybridized carbons (Fsp3) is 0.500. The van der Waals surface area contributed by atoms with E-state index in [0.29, 0.717) is 10.0 Å². The van der Waals surface area contributed by atoms with Crippen LogP contribution in [0.3, 0.4) is 0 Å². The van der Waals surface area contributed by atoms with Gasteiger partial charge in [-0.05, 0) is 44.0 Å². The number of halogens is 4. The van der Waals surface area contributed by atoms with Crippen molar-refractivity contribution in [1.29, 1.82) is 0 Å². The predicted octanol–water partition coefficient (Wildman–Crippen LogP) is 4.07. The topological polar surface area (TPSA) is 12.0 Å². The molecule has 17 heavy (non-hydrogen) atoms. The fourth-order valence-corrected chi connectivity index (χ4v) is 2.72. The maximum Gasteiger partial charge on any atom is 0.416 e. The Morgan fingerprint density at radius 3 is 2.59 bits per heavy atom. The van der Waals surface area contributed by atoms with Gasteiger partial charge >= 0.3 is 6.18 Å². The summed E-state index contributed by atoms with van der Waals surface area (Å²) in [6.07, 6.45) is -2.67. The molecule has 0 amide bonds. The Kier molecular flexibility index (Phi) is 3.25. The van der Waals surface area contributed by atoms with E-state index in [0.717, 1.165) is 25.5 Å². The van der Waals surface area contributed by atoms with Gasteiger partial charge in [-0.25, -0.2) is 0 Å². The molecular formula is C12H13BrF3N. The summed E-state index contributed by atoms with van der Waals surface area (Å²) in [5.74, 6) is 0. The Balaban J connectivity index is 2.53. The van der Waals surface area contributed by atoms with E-state index in [2.05, 4.69) is 21.2 Å². The smallest absolute Gasteiger partial charge is 0.308 e. The molecule has 0 aromatic heterocycles. The summed E-state index contributed by atoms with van der Waals surface area (Å²) in [5, 5.41) is 3.17. The summed E-state index contributed by atoms with van der Waals surface area (Å²) in [7, 11) is 0. The van der Waals surface area contributed by atoms with Gasteiger partial charge in [-0.2, -0.15) is 13.2 Å². The molecule has 2 rings (SSSR count). The normalized spacial score (nSPS) is 25.2. The molecule has 0 saturated carbocycles. The quantitative estimate of drug-likeness (QED) is 0.825. The van der Waals surface area contributed by atoms with Crippen LogP contribution >= 0.6 is 15.9 Å². The van der Waals surface area contributed by atoms with E-state index in [1.165, 1.54) is 0 Å². The van der Waals surface area contributed by atoms with Crippen molar-refractivity contribution in [2.45, 2.75) is 31.5 Å². The highest BCUT2D eigenvalue weighted by Gasteiger charge is 2.40. The van der Waals surface area contributed by atoms with Gasteiger partial charge in [0.25, 0.3) is 0 Å². The minimum atomic E-state index is -4.31. The average Bonchev–Trinajstić information content (AvgIpc) is 2.64. The van der Waals surface area contributed by atoms with Gasteiger partial charge in [0.2, 0.25) is 0 Å². The molecule has 1 saturated heterocycles. The first-order valence-corrected chi connectivity index (χ1v) is 6.24. The van der Waals surface area contributed by atoms with E-state index in [1.807, 2.05) is 6.92 Å². The Morgan fingerprint density at radius 2 is 2.06 bits per heavy atom. The number of hydrogen-bond donors (Lipinski definition) is 1. The lowest BCUT2D eigenvalue weighted by molar-refractivity contribution is -0.138. The summed E-state index contributed by atoms with van der Waals surface area (Å²) in [6.45, 7) is 2.60. The van der Waals surface area contributed by atoms with Crippen molar-refractivity contribution < 1.29 is 13.2 Å². The molecule has 1 aromatic rings. The van der Waals surface area contributed by atoms with Crippen molar-refractivity contribution in [2.75, 3.05) is 6.54 Å². The summed E-state index contributed by atoms with van der Waals surface area (Å²) in [4.78, 5) is 0. The fourth-order valence-electron chi connectivity index (χ4n) is 2.36. The van der Waals surface area contributed by atoms with Gasteiger partial charge in [0.15, 0.2) is 0 Å². The first-order chi connectivity index (χ1) is 7.83. The van der Waals surface area contributed by atoms with Gasteiger partial charge in [-0.1, -0.05) is 22.0 Å². The van der Waals surface area contributed by atoms with E-state index in [-0.39, 0.29) is 0 Å². The van der Waals surface area contributed by atoms with Crippen LogP contribution in [0.5, 0.6) is 0 Å². The Bertz CT molecular complexity index is 422. The molecule has 1 heterocycles. The van der Waals surface area contributed by atoms with Crippen LogP contribution in [-0.4, -0.2) is 6.54 Å². The van der Waals surface area contributed by atoms with Gasteiger partial charge in [0, 0.05) is 10.0 Å². The van der Waals surface area contributed by atoms with Gasteiger partial charge in [-0.3, -0.25) is 0 Å². The van der Waals surface area contributed by atoms with E-state index in [4.69, 9.17) is 0 Å². The lowest BCUT2D eigenvalue weighted by Gasteiger charge is -2.28. The summed E-state index contributed by atoms with van der Waals surface area (Å²) < 4.78 is 39.5. The molecule has 0 bridgehead atoms. The molecular weight excluding hydrogens is 295 g/mol. The Labute approximate surface area is 107 Å². The van der Waals surface area contributed by atoms with Crippen LogP contribution in [-0.2, 0) is 11.7 Å². The van der Waals surface area contributed by atoms with Crippen LogP contribution < -0.4 is 5.32 Å². The first-order valence-electron chi connectivity index (χ1n) is 5.45. The molecule has 1 unspecified atom stereocenters. The SMILES string of the molecule is CC1(c2ccc(Br)cc2C(F)(F)F)CCCN1. The van der Waals surface area contributed by atoms with Crippen molar-refractivity contribution in [3.8, 4) is 0 Å². The largest absolute Gasteiger partial charge is 0.416 e. The lowest BCUT2D eigenvalue weighted by Crippen LogP contribution is -2.35. The maximum absolute atomic E-state index is 13.0. The molecule has 94 valence electrons. The van der Waals surface area contributed by atoms with E-state index in [9.17, 15) is 13.2 Å². The van der Waals surface area contributed by atoms with Crippen molar-refractivity contribution in [3.63, 3.8) is 0 Å². The van der Waals surface area contributed by atoms with E-state index in [1.54, 1.807) is 12.1 Å². The maximum atomic E-state index is 13.0. The second kappa shape index (κ2) is 4.28. The van der Waals surface area contributed by atoms with Crippen LogP contribution in [0.15, 0.2) is 22.7 Å². The highest BCUT2D eigenvalue weighted by Crippen LogP contribution is 2.41. The molecule has 0 spiro atoms. The Hall–Kier alpha value is -0.550. The van der Waals surface area contributed by atoms with Crippen LogP contribution in [0, 0.1) is 0 Å². The second-order valence-electron chi connectivity index (χ2n) is 4.55. The third kappa shape index (κ3) is 2.50. The minimum Gasteiger partial charge on any atom is -0.308 e. The monoisotopic (exact) mass is 307 g/mol. The highest BCUT2D eigenvalue weighted by atomic mass is 79.9. The van der Waals surface area contributed by atoms with Crippen LogP contribution in [0.2, 0.25) is 0 Å². The Morgan fingerprint density at radius 1 is 1.35 bits per heavy atom. The van der Waals surface area contributed by atoms with Crippen LogP contribution in [0.1, 0.15) is 30.9 Å². The predicted molar refractivity (Wildman–Crippen MR) is 63.7 cm³/mol. The molecule has 1 fully saturated rings. The number of alkyl halides is 3. The van der Waals surface area contributed by atoms with Gasteiger partial charge < -0.3 is 5.32 Å². The number of nitrogens with one attached hydrogen (secondary N) is 1. The zero-order valence-corrected chi connectivity index (χ0v) is 11.0. The van der Waals surface area contributed by atoms with Gasteiger partial charge in [-0.15, -0.1) is 0 Å². The van der Waals surface area contributed by atoms with Gasteiger partial charge in [0.05, 0.1) is 5.56 Å². The molecule has 1 aliphatic rings. The molecule has 1 atom stereocenters. The summed E-state index contributed by atoms with van der Waals surface area (Å²) in [6, 6.07) is 4.38. The van der Waals surface area contributed by atoms with Crippen molar-refractivity contribution in [1.82, 2.24) is 5.32 Å². The van der Waals surface area contributed by atoms with Gasteiger partial charge in [0.1, 0.15) is 0 Å². The van der Waals surface area contributed by atoms with Crippen molar-refractivity contribution in [3.05, 3.63) is 33.8 Å². The first kappa shape index (κ1) is 12.9. The molecule has 1 N–H and O–H groups in total. The summed E-state index contributed by atoms with van der Waals surface area (Å²) >= 11 is 3.09. The zero-order valence-electron chi connectivity index (χ0n) is 9.37. The minimum absolute atomic E-state index is 0.339. The highest BCUT2D eigenvalue weighted by molar-refractivity contribution is 9.10. The molecule has 0 aliphatic carbocycles. The zero-order chi connectivity index (χ0) is 12.7. The third-order valence-electron chi connectivity index (χ3n) is 3.25. The summed E-state index contributed by atoms with van der Waals surface area (Å²) in [5.41, 5.74) is -0.777. The van der Waals surface area contributed by atoms with Crippen molar-refractivity contribution >= 4 is 15.9 Å². The number of rotatable bonds is 1. The average molecular weight is 308 g/mol. The number of hydrogen-bond acceptors (Lipinski definition) is 1. The third-order valence-corrected chi connectivity index (χ3v) is 3.74. The molecule has 1 nitrogen and oxygen atoms in total. The van der Waals surface area contributed by atoms with Crippen LogP contribution in [0.4, 0.5) is 13.2 Å². The van der Waals surface area contributed by atoms with Crippen LogP contribution in [0.25, 0.3) is 0 Å². The number of benzene rings is 1.